The van der Waals surface area contributed by atoms with Crippen LogP contribution >= 0.6 is 11.3 Å². The molecule has 0 spiro atoms. The van der Waals surface area contributed by atoms with Crippen LogP contribution in [-0.4, -0.2) is 18.0 Å². The zero-order chi connectivity index (χ0) is 12.3. The topological polar surface area (TPSA) is 77.2 Å². The van der Waals surface area contributed by atoms with Crippen molar-refractivity contribution in [2.75, 3.05) is 18.2 Å². The predicted molar refractivity (Wildman–Crippen MR) is 67.5 cm³/mol. The molecule has 88 valence electrons. The molecule has 0 fully saturated rings. The van der Waals surface area contributed by atoms with Crippen molar-refractivity contribution in [3.63, 3.8) is 0 Å². The zero-order valence-corrected chi connectivity index (χ0v) is 9.95. The Bertz CT molecular complexity index is 539. The molecule has 3 N–H and O–H groups in total. The third-order valence-corrected chi connectivity index (χ3v) is 2.76. The highest BCUT2D eigenvalue weighted by atomic mass is 32.1. The SMILES string of the molecule is COc1cccc(NC(=O)c2csc(N)n2)c1. The number of nitrogens with zero attached hydrogens (tertiary/aromatic N) is 1. The number of aromatic nitrogens is 1. The number of carbonyl (C=O) groups excluding carboxylic acids is 1. The number of hydrogen-bond acceptors (Lipinski definition) is 5. The number of benzene rings is 1. The Morgan fingerprint density at radius 1 is 1.53 bits per heavy atom. The quantitative estimate of drug-likeness (QED) is 0.872. The number of nitrogens with two attached hydrogens (primary N) is 1. The molecule has 0 unspecified atom stereocenters. The summed E-state index contributed by atoms with van der Waals surface area (Å²) in [6.45, 7) is 0. The summed E-state index contributed by atoms with van der Waals surface area (Å²) >= 11 is 1.23. The second-order valence-electron chi connectivity index (χ2n) is 3.26. The predicted octanol–water partition coefficient (Wildman–Crippen LogP) is 1.99. The second-order valence-corrected chi connectivity index (χ2v) is 4.15. The molecule has 0 saturated carbocycles. The molecule has 1 aromatic carbocycles. The maximum atomic E-state index is 11.8. The molecule has 0 aliphatic carbocycles. The Labute approximate surface area is 102 Å². The highest BCUT2D eigenvalue weighted by Crippen LogP contribution is 2.18. The van der Waals surface area contributed by atoms with E-state index in [-0.39, 0.29) is 5.91 Å². The van der Waals surface area contributed by atoms with Gasteiger partial charge in [-0.3, -0.25) is 4.79 Å². The summed E-state index contributed by atoms with van der Waals surface area (Å²) in [5.74, 6) is 0.395. The Kier molecular flexibility index (Phi) is 3.24. The summed E-state index contributed by atoms with van der Waals surface area (Å²) < 4.78 is 5.06. The fourth-order valence-electron chi connectivity index (χ4n) is 1.29. The number of methoxy groups -OCH3 is 1. The normalized spacial score (nSPS) is 9.94. The van der Waals surface area contributed by atoms with Crippen molar-refractivity contribution in [1.82, 2.24) is 4.98 Å². The number of anilines is 2. The van der Waals surface area contributed by atoms with E-state index in [0.717, 1.165) is 0 Å². The average Bonchev–Trinajstić information content (AvgIpc) is 2.76. The fraction of sp³-hybridized carbons (Fsp3) is 0.0909. The van der Waals surface area contributed by atoms with Gasteiger partial charge in [-0.2, -0.15) is 0 Å². The molecule has 1 heterocycles. The maximum Gasteiger partial charge on any atom is 0.275 e. The molecule has 6 heteroatoms. The Morgan fingerprint density at radius 2 is 2.35 bits per heavy atom. The number of hydrogen-bond donors (Lipinski definition) is 2. The van der Waals surface area contributed by atoms with Gasteiger partial charge in [0.2, 0.25) is 0 Å². The molecule has 17 heavy (non-hydrogen) atoms. The fourth-order valence-corrected chi connectivity index (χ4v) is 1.83. The van der Waals surface area contributed by atoms with Crippen LogP contribution in [0.15, 0.2) is 29.6 Å². The first-order valence-corrected chi connectivity index (χ1v) is 5.73. The van der Waals surface area contributed by atoms with Gasteiger partial charge < -0.3 is 15.8 Å². The molecule has 2 aromatic rings. The lowest BCUT2D eigenvalue weighted by molar-refractivity contribution is 0.102. The molecule has 0 aliphatic heterocycles. The smallest absolute Gasteiger partial charge is 0.275 e. The van der Waals surface area contributed by atoms with Crippen LogP contribution in [0.3, 0.4) is 0 Å². The standard InChI is InChI=1S/C11H11N3O2S/c1-16-8-4-2-3-7(5-8)13-10(15)9-6-17-11(12)14-9/h2-6H,1H3,(H2,12,14)(H,13,15). The van der Waals surface area contributed by atoms with E-state index in [9.17, 15) is 4.79 Å². The third kappa shape index (κ3) is 2.73. The van der Waals surface area contributed by atoms with Gasteiger partial charge in [0.15, 0.2) is 5.13 Å². The monoisotopic (exact) mass is 249 g/mol. The minimum Gasteiger partial charge on any atom is -0.497 e. The van der Waals surface area contributed by atoms with Gasteiger partial charge >= 0.3 is 0 Å². The summed E-state index contributed by atoms with van der Waals surface area (Å²) in [4.78, 5) is 15.7. The maximum absolute atomic E-state index is 11.8. The van der Waals surface area contributed by atoms with E-state index in [2.05, 4.69) is 10.3 Å². The van der Waals surface area contributed by atoms with E-state index in [0.29, 0.717) is 22.3 Å². The molecular weight excluding hydrogens is 238 g/mol. The van der Waals surface area contributed by atoms with Crippen molar-refractivity contribution in [1.29, 1.82) is 0 Å². The lowest BCUT2D eigenvalue weighted by Crippen LogP contribution is -2.12. The van der Waals surface area contributed by atoms with E-state index in [1.165, 1.54) is 11.3 Å². The van der Waals surface area contributed by atoms with Crippen molar-refractivity contribution in [3.05, 3.63) is 35.3 Å². The first-order chi connectivity index (χ1) is 8.19. The van der Waals surface area contributed by atoms with Gasteiger partial charge in [-0.05, 0) is 12.1 Å². The first kappa shape index (κ1) is 11.4. The summed E-state index contributed by atoms with van der Waals surface area (Å²) in [5, 5.41) is 4.71. The Hall–Kier alpha value is -2.08. The van der Waals surface area contributed by atoms with Gasteiger partial charge in [0.25, 0.3) is 5.91 Å². The number of thiazole rings is 1. The molecule has 0 aliphatic rings. The molecule has 5 nitrogen and oxygen atoms in total. The van der Waals surface area contributed by atoms with Crippen molar-refractivity contribution in [2.45, 2.75) is 0 Å². The molecule has 0 saturated heterocycles. The van der Waals surface area contributed by atoms with Gasteiger partial charge in [-0.25, -0.2) is 4.98 Å². The Balaban J connectivity index is 2.12. The van der Waals surface area contributed by atoms with Crippen LogP contribution in [0.1, 0.15) is 10.5 Å². The molecular formula is C11H11N3O2S. The zero-order valence-electron chi connectivity index (χ0n) is 9.14. The highest BCUT2D eigenvalue weighted by Gasteiger charge is 2.09. The van der Waals surface area contributed by atoms with E-state index < -0.39 is 0 Å². The van der Waals surface area contributed by atoms with Crippen LogP contribution in [-0.2, 0) is 0 Å². The Morgan fingerprint density at radius 3 is 3.00 bits per heavy atom. The highest BCUT2D eigenvalue weighted by molar-refractivity contribution is 7.13. The number of rotatable bonds is 3. The average molecular weight is 249 g/mol. The van der Waals surface area contributed by atoms with E-state index >= 15 is 0 Å². The van der Waals surface area contributed by atoms with Crippen molar-refractivity contribution >= 4 is 28.1 Å². The van der Waals surface area contributed by atoms with Crippen LogP contribution < -0.4 is 15.8 Å². The molecule has 1 amide bonds. The largest absolute Gasteiger partial charge is 0.497 e. The number of nitrogen functional groups attached to an aromatic ring is 1. The lowest BCUT2D eigenvalue weighted by Gasteiger charge is -2.05. The van der Waals surface area contributed by atoms with Crippen LogP contribution in [0, 0.1) is 0 Å². The molecule has 0 bridgehead atoms. The van der Waals surface area contributed by atoms with Crippen LogP contribution in [0.5, 0.6) is 5.75 Å². The van der Waals surface area contributed by atoms with Gasteiger partial charge in [0.1, 0.15) is 11.4 Å². The van der Waals surface area contributed by atoms with Crippen molar-refractivity contribution < 1.29 is 9.53 Å². The molecule has 1 aromatic heterocycles. The summed E-state index contributed by atoms with van der Waals surface area (Å²) in [5.41, 5.74) is 6.43. The van der Waals surface area contributed by atoms with E-state index in [1.807, 2.05) is 0 Å². The minimum atomic E-state index is -0.286. The summed E-state index contributed by atoms with van der Waals surface area (Å²) in [6, 6.07) is 7.10. The summed E-state index contributed by atoms with van der Waals surface area (Å²) in [7, 11) is 1.57. The minimum absolute atomic E-state index is 0.286. The number of carbonyl (C=O) groups is 1. The third-order valence-electron chi connectivity index (χ3n) is 2.08. The second kappa shape index (κ2) is 4.84. The van der Waals surface area contributed by atoms with Gasteiger partial charge in [-0.1, -0.05) is 6.07 Å². The van der Waals surface area contributed by atoms with Gasteiger partial charge in [0, 0.05) is 17.1 Å². The number of amides is 1. The number of ether oxygens (including phenoxy) is 1. The first-order valence-electron chi connectivity index (χ1n) is 4.85. The lowest BCUT2D eigenvalue weighted by atomic mass is 10.3. The molecule has 0 radical (unpaired) electrons. The molecule has 0 atom stereocenters. The summed E-state index contributed by atoms with van der Waals surface area (Å²) in [6.07, 6.45) is 0. The van der Waals surface area contributed by atoms with E-state index in [4.69, 9.17) is 10.5 Å². The van der Waals surface area contributed by atoms with Crippen molar-refractivity contribution in [2.24, 2.45) is 0 Å². The van der Waals surface area contributed by atoms with Crippen LogP contribution in [0.4, 0.5) is 10.8 Å². The van der Waals surface area contributed by atoms with Crippen molar-refractivity contribution in [3.8, 4) is 5.75 Å². The van der Waals surface area contributed by atoms with Crippen LogP contribution in [0.25, 0.3) is 0 Å². The van der Waals surface area contributed by atoms with Crippen LogP contribution in [0.2, 0.25) is 0 Å². The number of nitrogens with one attached hydrogen (secondary N) is 1. The van der Waals surface area contributed by atoms with Gasteiger partial charge in [-0.15, -0.1) is 11.3 Å². The molecule has 2 rings (SSSR count). The van der Waals surface area contributed by atoms with E-state index in [1.54, 1.807) is 36.8 Å². The van der Waals surface area contributed by atoms with Gasteiger partial charge in [0.05, 0.1) is 7.11 Å².